The zero-order chi connectivity index (χ0) is 28.0. The summed E-state index contributed by atoms with van der Waals surface area (Å²) in [5, 5.41) is 12.5. The number of ether oxygens (including phenoxy) is 4. The standard InChI is InChI=1S/C31H42O8/c1-7-17(2)38-27-22-12-19-20(30(5)23(14-24(32)35-6)29(27,4)16-37-31(22,30)34)8-10-28(3)21(19)13-25(33)39-26(28)18-9-11-36-15-18/h9,11-12,15,17,20-23,26-27,34H,7-8,10,13-14,16H2,1-6H3. The predicted octanol–water partition coefficient (Wildman–Crippen LogP) is 4.96. The van der Waals surface area contributed by atoms with Gasteiger partial charge >= 0.3 is 11.9 Å². The molecule has 0 amide bonds. The van der Waals surface area contributed by atoms with E-state index in [1.54, 1.807) is 12.5 Å². The van der Waals surface area contributed by atoms with E-state index in [1.807, 2.05) is 13.0 Å². The van der Waals surface area contributed by atoms with Crippen molar-refractivity contribution >= 4 is 11.9 Å². The summed E-state index contributed by atoms with van der Waals surface area (Å²) in [6.45, 7) is 10.9. The van der Waals surface area contributed by atoms with Crippen LogP contribution in [0.25, 0.3) is 0 Å². The number of allylic oxidation sites excluding steroid dienone is 1. The molecule has 3 aliphatic heterocycles. The first-order chi connectivity index (χ1) is 18.4. The summed E-state index contributed by atoms with van der Waals surface area (Å²) in [5.74, 6) is -2.82. The molecule has 3 saturated heterocycles. The lowest BCUT2D eigenvalue weighted by Gasteiger charge is -2.74. The van der Waals surface area contributed by atoms with Gasteiger partial charge in [-0.05, 0) is 50.0 Å². The van der Waals surface area contributed by atoms with Crippen LogP contribution >= 0.6 is 0 Å². The van der Waals surface area contributed by atoms with Gasteiger partial charge in [0.05, 0.1) is 50.8 Å². The minimum absolute atomic E-state index is 0.0253. The third-order valence-corrected chi connectivity index (χ3v) is 11.6. The molecule has 11 unspecified atom stereocenters. The number of fused-ring (bicyclic) bond motifs is 4. The Hall–Kier alpha value is -2.16. The molecule has 3 aliphatic carbocycles. The molecular weight excluding hydrogens is 500 g/mol. The van der Waals surface area contributed by atoms with Crippen LogP contribution in [0.15, 0.2) is 34.7 Å². The van der Waals surface area contributed by atoms with Gasteiger partial charge in [-0.3, -0.25) is 9.59 Å². The highest BCUT2D eigenvalue weighted by atomic mass is 16.6. The first-order valence-electron chi connectivity index (χ1n) is 14.5. The van der Waals surface area contributed by atoms with Crippen LogP contribution in [0.5, 0.6) is 0 Å². The Morgan fingerprint density at radius 2 is 2.00 bits per heavy atom. The minimum atomic E-state index is -1.50. The second-order valence-electron chi connectivity index (χ2n) is 13.4. The average molecular weight is 543 g/mol. The fraction of sp³-hybridized carbons (Fsp3) is 0.742. The van der Waals surface area contributed by atoms with Crippen LogP contribution in [-0.2, 0) is 28.5 Å². The van der Waals surface area contributed by atoms with Crippen LogP contribution in [0.3, 0.4) is 0 Å². The monoisotopic (exact) mass is 542 g/mol. The summed E-state index contributed by atoms with van der Waals surface area (Å²) in [6, 6.07) is 1.88. The number of methoxy groups -OCH3 is 1. The first kappa shape index (κ1) is 27.0. The number of hydrogen-bond acceptors (Lipinski definition) is 8. The molecular formula is C31H42O8. The van der Waals surface area contributed by atoms with Crippen molar-refractivity contribution in [2.75, 3.05) is 13.7 Å². The van der Waals surface area contributed by atoms with Gasteiger partial charge in [0.1, 0.15) is 6.10 Å². The van der Waals surface area contributed by atoms with E-state index < -0.39 is 28.6 Å². The van der Waals surface area contributed by atoms with Gasteiger partial charge in [0.2, 0.25) is 0 Å². The van der Waals surface area contributed by atoms with Crippen LogP contribution in [0, 0.1) is 39.9 Å². The Kier molecular flexibility index (Phi) is 6.18. The molecule has 1 aromatic rings. The van der Waals surface area contributed by atoms with Crippen molar-refractivity contribution in [3.8, 4) is 0 Å². The molecule has 214 valence electrons. The molecule has 8 nitrogen and oxygen atoms in total. The van der Waals surface area contributed by atoms with Crippen molar-refractivity contribution in [1.29, 1.82) is 0 Å². The minimum Gasteiger partial charge on any atom is -0.472 e. The number of carbonyl (C=O) groups excluding carboxylic acids is 2. The number of cyclic esters (lactones) is 1. The quantitative estimate of drug-likeness (QED) is 0.397. The van der Waals surface area contributed by atoms with Crippen molar-refractivity contribution in [2.24, 2.45) is 39.9 Å². The molecule has 1 N–H and O–H groups in total. The second-order valence-corrected chi connectivity index (χ2v) is 13.4. The fourth-order valence-corrected chi connectivity index (χ4v) is 9.31. The van der Waals surface area contributed by atoms with Gasteiger partial charge in [-0.2, -0.15) is 0 Å². The lowest BCUT2D eigenvalue weighted by atomic mass is 9.37. The van der Waals surface area contributed by atoms with E-state index in [-0.39, 0.29) is 60.2 Å². The summed E-state index contributed by atoms with van der Waals surface area (Å²) in [4.78, 5) is 25.9. The van der Waals surface area contributed by atoms with Gasteiger partial charge < -0.3 is 28.5 Å². The van der Waals surface area contributed by atoms with Crippen LogP contribution in [0.1, 0.15) is 78.4 Å². The number of aliphatic hydroxyl groups is 1. The highest BCUT2D eigenvalue weighted by Gasteiger charge is 2.78. The van der Waals surface area contributed by atoms with Gasteiger partial charge in [-0.1, -0.05) is 39.3 Å². The Bertz CT molecular complexity index is 1180. The highest BCUT2D eigenvalue weighted by Crippen LogP contribution is 2.74. The SMILES string of the molecule is CCC(C)OC1C2C=C3C4CC(=O)OC(c5ccoc5)C4(C)CCC3C3(C)C(CC(=O)OC)C1(C)COC23O. The largest absolute Gasteiger partial charge is 0.472 e. The average Bonchev–Trinajstić information content (AvgIpc) is 3.44. The van der Waals surface area contributed by atoms with Gasteiger partial charge in [0.15, 0.2) is 5.79 Å². The van der Waals surface area contributed by atoms with Gasteiger partial charge in [0.25, 0.3) is 0 Å². The maximum atomic E-state index is 13.1. The van der Waals surface area contributed by atoms with E-state index in [0.717, 1.165) is 24.8 Å². The molecule has 1 aromatic heterocycles. The summed E-state index contributed by atoms with van der Waals surface area (Å²) >= 11 is 0. The second kappa shape index (κ2) is 8.92. The summed E-state index contributed by atoms with van der Waals surface area (Å²) in [6.07, 6.45) is 7.56. The van der Waals surface area contributed by atoms with Crippen molar-refractivity contribution < 1.29 is 38.1 Å². The Morgan fingerprint density at radius 3 is 2.67 bits per heavy atom. The molecule has 7 rings (SSSR count). The summed E-state index contributed by atoms with van der Waals surface area (Å²) in [7, 11) is 1.41. The molecule has 8 heteroatoms. The van der Waals surface area contributed by atoms with E-state index in [9.17, 15) is 14.7 Å². The Labute approximate surface area is 230 Å². The molecule has 0 radical (unpaired) electrons. The number of hydrogen-bond donors (Lipinski definition) is 1. The molecule has 39 heavy (non-hydrogen) atoms. The highest BCUT2D eigenvalue weighted by molar-refractivity contribution is 5.72. The maximum absolute atomic E-state index is 13.1. The third kappa shape index (κ3) is 3.46. The first-order valence-corrected chi connectivity index (χ1v) is 14.5. The fourth-order valence-electron chi connectivity index (χ4n) is 9.31. The number of rotatable bonds is 6. The van der Waals surface area contributed by atoms with Crippen LogP contribution < -0.4 is 0 Å². The summed E-state index contributed by atoms with van der Waals surface area (Å²) in [5.41, 5.74) is 0.429. The normalized spacial score (nSPS) is 46.9. The topological polar surface area (TPSA) is 104 Å². The van der Waals surface area contributed by atoms with Crippen LogP contribution in [0.4, 0.5) is 0 Å². The molecule has 6 aliphatic rings. The molecule has 2 saturated carbocycles. The van der Waals surface area contributed by atoms with E-state index in [2.05, 4.69) is 33.8 Å². The Morgan fingerprint density at radius 1 is 1.23 bits per heavy atom. The van der Waals surface area contributed by atoms with Gasteiger partial charge in [0, 0.05) is 28.2 Å². The van der Waals surface area contributed by atoms with Crippen molar-refractivity contribution in [1.82, 2.24) is 0 Å². The van der Waals surface area contributed by atoms with Crippen molar-refractivity contribution in [3.05, 3.63) is 35.8 Å². The number of furan rings is 1. The van der Waals surface area contributed by atoms with E-state index in [1.165, 1.54) is 12.7 Å². The molecule has 11 atom stereocenters. The van der Waals surface area contributed by atoms with Gasteiger partial charge in [-0.15, -0.1) is 0 Å². The van der Waals surface area contributed by atoms with Crippen LogP contribution in [0.2, 0.25) is 0 Å². The van der Waals surface area contributed by atoms with Crippen LogP contribution in [-0.4, -0.2) is 48.8 Å². The lowest BCUT2D eigenvalue weighted by molar-refractivity contribution is -0.433. The molecule has 0 aromatic carbocycles. The van der Waals surface area contributed by atoms with E-state index in [4.69, 9.17) is 23.4 Å². The predicted molar refractivity (Wildman–Crippen MR) is 140 cm³/mol. The van der Waals surface area contributed by atoms with Crippen molar-refractivity contribution in [3.63, 3.8) is 0 Å². The zero-order valence-electron chi connectivity index (χ0n) is 23.9. The summed E-state index contributed by atoms with van der Waals surface area (Å²) < 4.78 is 29.7. The molecule has 0 spiro atoms. The zero-order valence-corrected chi connectivity index (χ0v) is 23.9. The van der Waals surface area contributed by atoms with Crippen molar-refractivity contribution in [2.45, 2.75) is 90.8 Å². The number of esters is 2. The molecule has 4 heterocycles. The van der Waals surface area contributed by atoms with Gasteiger partial charge in [-0.25, -0.2) is 0 Å². The maximum Gasteiger partial charge on any atom is 0.307 e. The third-order valence-electron chi connectivity index (χ3n) is 11.6. The molecule has 4 bridgehead atoms. The van der Waals surface area contributed by atoms with E-state index >= 15 is 0 Å². The smallest absolute Gasteiger partial charge is 0.307 e. The van der Waals surface area contributed by atoms with E-state index in [0.29, 0.717) is 6.61 Å². The number of carbonyl (C=O) groups is 2. The molecule has 5 fully saturated rings. The Balaban J connectivity index is 1.51. The lowest BCUT2D eigenvalue weighted by Crippen LogP contribution is -2.80.